The Morgan fingerprint density at radius 3 is 2.38 bits per heavy atom. The number of anilines is 2. The van der Waals surface area contributed by atoms with Gasteiger partial charge in [0.1, 0.15) is 0 Å². The fraction of sp³-hybridized carbons (Fsp3) is 0.167. The number of carbonyl (C=O) groups excluding carboxylic acids is 1. The zero-order chi connectivity index (χ0) is 16.9. The van der Waals surface area contributed by atoms with Crippen LogP contribution in [-0.4, -0.2) is 29.6 Å². The van der Waals surface area contributed by atoms with E-state index >= 15 is 0 Å². The monoisotopic (exact) mass is 338 g/mol. The first-order valence-corrected chi connectivity index (χ1v) is 8.49. The van der Waals surface area contributed by atoms with Gasteiger partial charge < -0.3 is 10.2 Å². The molecule has 0 saturated carbocycles. The van der Waals surface area contributed by atoms with Crippen LogP contribution in [0.25, 0.3) is 0 Å². The number of para-hydroxylation sites is 1. The molecule has 1 aliphatic heterocycles. The van der Waals surface area contributed by atoms with Gasteiger partial charge in [-0.3, -0.25) is 4.79 Å². The van der Waals surface area contributed by atoms with Crippen molar-refractivity contribution in [2.24, 2.45) is 10.2 Å². The highest BCUT2D eigenvalue weighted by atomic mass is 32.2. The van der Waals surface area contributed by atoms with Crippen molar-refractivity contribution in [2.45, 2.75) is 12.2 Å². The average molecular weight is 338 g/mol. The molecule has 0 bridgehead atoms. The Morgan fingerprint density at radius 2 is 1.75 bits per heavy atom. The molecule has 0 aromatic heterocycles. The van der Waals surface area contributed by atoms with Gasteiger partial charge in [0.15, 0.2) is 5.17 Å². The number of thioether (sulfide) groups is 1. The van der Waals surface area contributed by atoms with Crippen LogP contribution in [0.15, 0.2) is 64.8 Å². The lowest BCUT2D eigenvalue weighted by atomic mass is 10.2. The quantitative estimate of drug-likeness (QED) is 0.687. The van der Waals surface area contributed by atoms with E-state index in [0.717, 1.165) is 16.9 Å². The van der Waals surface area contributed by atoms with Crippen LogP contribution < -0.4 is 10.2 Å². The molecule has 2 aromatic rings. The summed E-state index contributed by atoms with van der Waals surface area (Å²) in [4.78, 5) is 13.5. The molecule has 0 spiro atoms. The zero-order valence-corrected chi connectivity index (χ0v) is 14.3. The van der Waals surface area contributed by atoms with E-state index in [1.807, 2.05) is 56.4 Å². The molecule has 1 amide bonds. The van der Waals surface area contributed by atoms with Crippen molar-refractivity contribution in [1.29, 1.82) is 0 Å². The molecular formula is C18H18N4OS. The van der Waals surface area contributed by atoms with Gasteiger partial charge in [0, 0.05) is 18.4 Å². The maximum Gasteiger partial charge on any atom is 0.239 e. The first-order chi connectivity index (χ1) is 11.6. The summed E-state index contributed by atoms with van der Waals surface area (Å²) in [6, 6.07) is 18.2. The maximum atomic E-state index is 11.4. The lowest BCUT2D eigenvalue weighted by Crippen LogP contribution is -2.23. The Kier molecular flexibility index (Phi) is 4.96. The van der Waals surface area contributed by atoms with Crippen LogP contribution in [0, 0.1) is 0 Å². The van der Waals surface area contributed by atoms with Crippen LogP contribution in [0.3, 0.4) is 0 Å². The highest BCUT2D eigenvalue weighted by molar-refractivity contribution is 8.15. The summed E-state index contributed by atoms with van der Waals surface area (Å²) in [5.74, 6) is -0.0257. The van der Waals surface area contributed by atoms with Crippen LogP contribution in [-0.2, 0) is 4.79 Å². The van der Waals surface area contributed by atoms with Gasteiger partial charge in [-0.05, 0) is 36.8 Å². The molecule has 24 heavy (non-hydrogen) atoms. The predicted octanol–water partition coefficient (Wildman–Crippen LogP) is 3.40. The molecular weight excluding hydrogens is 320 g/mol. The molecule has 1 unspecified atom stereocenters. The molecule has 5 nitrogen and oxygen atoms in total. The number of hydrogen-bond acceptors (Lipinski definition) is 5. The van der Waals surface area contributed by atoms with Crippen molar-refractivity contribution >= 4 is 40.4 Å². The second-order valence-electron chi connectivity index (χ2n) is 5.39. The zero-order valence-electron chi connectivity index (χ0n) is 13.5. The van der Waals surface area contributed by atoms with E-state index in [9.17, 15) is 4.79 Å². The number of hydrogen-bond donors (Lipinski definition) is 1. The predicted molar refractivity (Wildman–Crippen MR) is 101 cm³/mol. The normalized spacial score (nSPS) is 19.0. The van der Waals surface area contributed by atoms with E-state index in [1.54, 1.807) is 6.21 Å². The van der Waals surface area contributed by atoms with Crippen LogP contribution in [0.4, 0.5) is 11.4 Å². The minimum absolute atomic E-state index is 0.0257. The van der Waals surface area contributed by atoms with Gasteiger partial charge in [-0.15, -0.1) is 5.10 Å². The number of amides is 1. The van der Waals surface area contributed by atoms with E-state index in [-0.39, 0.29) is 11.2 Å². The molecule has 3 rings (SSSR count). The summed E-state index contributed by atoms with van der Waals surface area (Å²) < 4.78 is 0. The van der Waals surface area contributed by atoms with Crippen LogP contribution >= 0.6 is 11.8 Å². The lowest BCUT2D eigenvalue weighted by molar-refractivity contribution is -0.118. The Hall–Kier alpha value is -2.60. The third-order valence-electron chi connectivity index (χ3n) is 3.67. The van der Waals surface area contributed by atoms with Gasteiger partial charge in [0.25, 0.3) is 0 Å². The number of carbonyl (C=O) groups is 1. The first-order valence-electron chi connectivity index (χ1n) is 7.61. The summed E-state index contributed by atoms with van der Waals surface area (Å²) in [5, 5.41) is 11.2. The number of amidine groups is 1. The highest BCUT2D eigenvalue weighted by Gasteiger charge is 2.25. The largest absolute Gasteiger partial charge is 0.345 e. The topological polar surface area (TPSA) is 57.1 Å². The summed E-state index contributed by atoms with van der Waals surface area (Å²) in [5.41, 5.74) is 3.18. The van der Waals surface area contributed by atoms with Crippen molar-refractivity contribution in [2.75, 3.05) is 11.9 Å². The van der Waals surface area contributed by atoms with Crippen molar-refractivity contribution in [3.8, 4) is 0 Å². The number of nitrogens with zero attached hydrogens (tertiary/aromatic N) is 3. The summed E-state index contributed by atoms with van der Waals surface area (Å²) in [7, 11) is 2.03. The third kappa shape index (κ3) is 3.83. The van der Waals surface area contributed by atoms with Crippen LogP contribution in [0.2, 0.25) is 0 Å². The molecule has 1 aliphatic rings. The summed E-state index contributed by atoms with van der Waals surface area (Å²) in [6.07, 6.45) is 1.68. The second kappa shape index (κ2) is 7.31. The molecule has 1 saturated heterocycles. The van der Waals surface area contributed by atoms with E-state index in [1.165, 1.54) is 11.8 Å². The van der Waals surface area contributed by atoms with Gasteiger partial charge in [-0.2, -0.15) is 5.10 Å². The van der Waals surface area contributed by atoms with Gasteiger partial charge >= 0.3 is 0 Å². The van der Waals surface area contributed by atoms with Gasteiger partial charge in [0.2, 0.25) is 5.91 Å². The SMILES string of the molecule is CC1S/C(=N/N=Cc2ccc(N(C)c3ccccc3)cc2)NC1=O. The first kappa shape index (κ1) is 16.3. The van der Waals surface area contributed by atoms with Crippen LogP contribution in [0.1, 0.15) is 12.5 Å². The van der Waals surface area contributed by atoms with Gasteiger partial charge in [-0.1, -0.05) is 42.1 Å². The minimum Gasteiger partial charge on any atom is -0.345 e. The Morgan fingerprint density at radius 1 is 1.08 bits per heavy atom. The molecule has 2 aromatic carbocycles. The average Bonchev–Trinajstić information content (AvgIpc) is 2.93. The number of nitrogens with one attached hydrogen (secondary N) is 1. The summed E-state index contributed by atoms with van der Waals surface area (Å²) >= 11 is 1.38. The second-order valence-corrected chi connectivity index (χ2v) is 6.71. The van der Waals surface area contributed by atoms with Crippen molar-refractivity contribution in [3.05, 3.63) is 60.2 Å². The van der Waals surface area contributed by atoms with E-state index in [4.69, 9.17) is 0 Å². The molecule has 1 heterocycles. The van der Waals surface area contributed by atoms with Crippen molar-refractivity contribution in [3.63, 3.8) is 0 Å². The molecule has 122 valence electrons. The van der Waals surface area contributed by atoms with E-state index in [0.29, 0.717) is 5.17 Å². The highest BCUT2D eigenvalue weighted by Crippen LogP contribution is 2.23. The van der Waals surface area contributed by atoms with Gasteiger partial charge in [0.05, 0.1) is 11.5 Å². The minimum atomic E-state index is -0.105. The number of benzene rings is 2. The smallest absolute Gasteiger partial charge is 0.239 e. The maximum absolute atomic E-state index is 11.4. The lowest BCUT2D eigenvalue weighted by Gasteiger charge is -2.19. The van der Waals surface area contributed by atoms with E-state index in [2.05, 4.69) is 32.6 Å². The molecule has 1 fully saturated rings. The molecule has 1 atom stereocenters. The Balaban J connectivity index is 1.66. The molecule has 0 radical (unpaired) electrons. The fourth-order valence-electron chi connectivity index (χ4n) is 2.24. The third-order valence-corrected chi connectivity index (χ3v) is 4.64. The van der Waals surface area contributed by atoms with Crippen molar-refractivity contribution in [1.82, 2.24) is 5.32 Å². The number of rotatable bonds is 4. The molecule has 0 aliphatic carbocycles. The Bertz CT molecular complexity index is 771. The molecule has 1 N–H and O–H groups in total. The van der Waals surface area contributed by atoms with Gasteiger partial charge in [-0.25, -0.2) is 0 Å². The fourth-order valence-corrected chi connectivity index (χ4v) is 2.99. The van der Waals surface area contributed by atoms with Crippen LogP contribution in [0.5, 0.6) is 0 Å². The standard InChI is InChI=1S/C18H18N4OS/c1-13-17(23)20-18(24-13)21-19-12-14-8-10-16(11-9-14)22(2)15-6-4-3-5-7-15/h3-13H,1-2H3,(H,20,21,23). The summed E-state index contributed by atoms with van der Waals surface area (Å²) in [6.45, 7) is 1.84. The van der Waals surface area contributed by atoms with E-state index < -0.39 is 0 Å². The Labute approximate surface area is 145 Å². The molecule has 6 heteroatoms. The van der Waals surface area contributed by atoms with Crippen molar-refractivity contribution < 1.29 is 4.79 Å².